The van der Waals surface area contributed by atoms with Gasteiger partial charge < -0.3 is 20.7 Å². The molecule has 0 bridgehead atoms. The van der Waals surface area contributed by atoms with Gasteiger partial charge in [0.2, 0.25) is 5.91 Å². The summed E-state index contributed by atoms with van der Waals surface area (Å²) in [6, 6.07) is 5.26. The van der Waals surface area contributed by atoms with Crippen LogP contribution >= 0.6 is 0 Å². The number of methoxy groups -OCH3 is 1. The summed E-state index contributed by atoms with van der Waals surface area (Å²) in [7, 11) is 4.90. The van der Waals surface area contributed by atoms with Crippen LogP contribution in [0.1, 0.15) is 22.3 Å². The van der Waals surface area contributed by atoms with E-state index >= 15 is 0 Å². The van der Waals surface area contributed by atoms with E-state index in [0.29, 0.717) is 11.3 Å². The maximum atomic E-state index is 12.1. The number of rotatable bonds is 6. The second kappa shape index (κ2) is 7.75. The SMILES string of the molecule is COC(CN)CC(=O)Nc1ccc(C)c(C(=O)N(C)C)c1. The van der Waals surface area contributed by atoms with Crippen LogP contribution in [0.3, 0.4) is 0 Å². The monoisotopic (exact) mass is 293 g/mol. The van der Waals surface area contributed by atoms with Gasteiger partial charge in [-0.3, -0.25) is 9.59 Å². The van der Waals surface area contributed by atoms with Gasteiger partial charge in [0.05, 0.1) is 12.5 Å². The third-order valence-corrected chi connectivity index (χ3v) is 3.17. The van der Waals surface area contributed by atoms with E-state index in [1.165, 1.54) is 12.0 Å². The van der Waals surface area contributed by atoms with E-state index in [1.807, 2.05) is 13.0 Å². The van der Waals surface area contributed by atoms with Gasteiger partial charge in [0.15, 0.2) is 0 Å². The van der Waals surface area contributed by atoms with Gasteiger partial charge in [-0.25, -0.2) is 0 Å². The molecule has 1 aromatic carbocycles. The molecule has 0 saturated carbocycles. The molecular weight excluding hydrogens is 270 g/mol. The van der Waals surface area contributed by atoms with Gasteiger partial charge in [-0.2, -0.15) is 0 Å². The molecule has 1 atom stereocenters. The number of hydrogen-bond donors (Lipinski definition) is 2. The summed E-state index contributed by atoms with van der Waals surface area (Å²) >= 11 is 0. The quantitative estimate of drug-likeness (QED) is 0.819. The molecule has 1 aromatic rings. The highest BCUT2D eigenvalue weighted by atomic mass is 16.5. The molecule has 0 saturated heterocycles. The Hall–Kier alpha value is -1.92. The van der Waals surface area contributed by atoms with Crippen molar-refractivity contribution in [2.75, 3.05) is 33.1 Å². The first-order chi connectivity index (χ1) is 9.88. The molecule has 2 amide bonds. The first kappa shape index (κ1) is 17.1. The number of hydrogen-bond acceptors (Lipinski definition) is 4. The lowest BCUT2D eigenvalue weighted by Crippen LogP contribution is -2.28. The van der Waals surface area contributed by atoms with Gasteiger partial charge in [0, 0.05) is 39.0 Å². The van der Waals surface area contributed by atoms with Crippen molar-refractivity contribution >= 4 is 17.5 Å². The molecule has 0 aliphatic carbocycles. The molecule has 0 aromatic heterocycles. The van der Waals surface area contributed by atoms with Gasteiger partial charge in [0.1, 0.15) is 0 Å². The predicted octanol–water partition coefficient (Wildman–Crippen LogP) is 0.999. The Morgan fingerprint density at radius 1 is 1.38 bits per heavy atom. The topological polar surface area (TPSA) is 84.7 Å². The average molecular weight is 293 g/mol. The molecule has 0 fully saturated rings. The Balaban J connectivity index is 2.83. The van der Waals surface area contributed by atoms with Crippen LogP contribution in [0.5, 0.6) is 0 Å². The van der Waals surface area contributed by atoms with E-state index in [-0.39, 0.29) is 30.9 Å². The highest BCUT2D eigenvalue weighted by molar-refractivity contribution is 5.98. The summed E-state index contributed by atoms with van der Waals surface area (Å²) in [5.41, 5.74) is 7.51. The Morgan fingerprint density at radius 3 is 2.57 bits per heavy atom. The number of benzene rings is 1. The number of amides is 2. The largest absolute Gasteiger partial charge is 0.380 e. The number of aryl methyl sites for hydroxylation is 1. The molecule has 6 heteroatoms. The van der Waals surface area contributed by atoms with E-state index in [9.17, 15) is 9.59 Å². The zero-order valence-corrected chi connectivity index (χ0v) is 13.0. The third kappa shape index (κ3) is 4.84. The zero-order chi connectivity index (χ0) is 16.0. The molecule has 3 N–H and O–H groups in total. The summed E-state index contributed by atoms with van der Waals surface area (Å²) in [5.74, 6) is -0.292. The minimum Gasteiger partial charge on any atom is -0.380 e. The number of carbonyl (C=O) groups excluding carboxylic acids is 2. The van der Waals surface area contributed by atoms with Crippen LogP contribution in [-0.4, -0.2) is 50.6 Å². The van der Waals surface area contributed by atoms with Crippen LogP contribution in [0.4, 0.5) is 5.69 Å². The second-order valence-electron chi connectivity index (χ2n) is 5.07. The number of nitrogens with one attached hydrogen (secondary N) is 1. The van der Waals surface area contributed by atoms with Crippen molar-refractivity contribution in [3.05, 3.63) is 29.3 Å². The lowest BCUT2D eigenvalue weighted by molar-refractivity contribution is -0.118. The Bertz CT molecular complexity index is 511. The van der Waals surface area contributed by atoms with Crippen molar-refractivity contribution in [2.24, 2.45) is 5.73 Å². The summed E-state index contributed by atoms with van der Waals surface area (Å²) in [6.45, 7) is 2.14. The lowest BCUT2D eigenvalue weighted by atomic mass is 10.1. The molecule has 0 heterocycles. The summed E-state index contributed by atoms with van der Waals surface area (Å²) in [5, 5.41) is 2.76. The van der Waals surface area contributed by atoms with Crippen LogP contribution in [0, 0.1) is 6.92 Å². The van der Waals surface area contributed by atoms with Gasteiger partial charge in [-0.1, -0.05) is 6.07 Å². The van der Waals surface area contributed by atoms with Gasteiger partial charge in [-0.15, -0.1) is 0 Å². The fourth-order valence-electron chi connectivity index (χ4n) is 1.85. The second-order valence-corrected chi connectivity index (χ2v) is 5.07. The van der Waals surface area contributed by atoms with Crippen LogP contribution in [0.15, 0.2) is 18.2 Å². The number of anilines is 1. The van der Waals surface area contributed by atoms with Crippen molar-refractivity contribution in [1.82, 2.24) is 4.90 Å². The van der Waals surface area contributed by atoms with Crippen LogP contribution in [0.25, 0.3) is 0 Å². The van der Waals surface area contributed by atoms with Crippen molar-refractivity contribution < 1.29 is 14.3 Å². The number of ether oxygens (including phenoxy) is 1. The minimum atomic E-state index is -0.307. The van der Waals surface area contributed by atoms with Gasteiger partial charge >= 0.3 is 0 Å². The van der Waals surface area contributed by atoms with E-state index < -0.39 is 0 Å². The molecular formula is C15H23N3O3. The first-order valence-corrected chi connectivity index (χ1v) is 6.74. The predicted molar refractivity (Wildman–Crippen MR) is 82.3 cm³/mol. The van der Waals surface area contributed by atoms with Gasteiger partial charge in [0.25, 0.3) is 5.91 Å². The van der Waals surface area contributed by atoms with Crippen molar-refractivity contribution in [3.8, 4) is 0 Å². The maximum Gasteiger partial charge on any atom is 0.253 e. The third-order valence-electron chi connectivity index (χ3n) is 3.17. The molecule has 1 unspecified atom stereocenters. The van der Waals surface area contributed by atoms with E-state index in [4.69, 9.17) is 10.5 Å². The molecule has 6 nitrogen and oxygen atoms in total. The molecule has 0 radical (unpaired) electrons. The molecule has 1 rings (SSSR count). The fourth-order valence-corrected chi connectivity index (χ4v) is 1.85. The summed E-state index contributed by atoms with van der Waals surface area (Å²) in [4.78, 5) is 25.5. The lowest BCUT2D eigenvalue weighted by Gasteiger charge is -2.15. The normalized spacial score (nSPS) is 11.9. The average Bonchev–Trinajstić information content (AvgIpc) is 2.45. The standard InChI is InChI=1S/C15H23N3O3/c1-10-5-6-11(7-13(10)15(20)18(2)3)17-14(19)8-12(9-16)21-4/h5-7,12H,8-9,16H2,1-4H3,(H,17,19). The summed E-state index contributed by atoms with van der Waals surface area (Å²) < 4.78 is 5.07. The highest BCUT2D eigenvalue weighted by Crippen LogP contribution is 2.17. The smallest absolute Gasteiger partial charge is 0.253 e. The first-order valence-electron chi connectivity index (χ1n) is 6.74. The van der Waals surface area contributed by atoms with E-state index in [2.05, 4.69) is 5.32 Å². The number of carbonyl (C=O) groups is 2. The van der Waals surface area contributed by atoms with Crippen molar-refractivity contribution in [2.45, 2.75) is 19.4 Å². The fraction of sp³-hybridized carbons (Fsp3) is 0.467. The van der Waals surface area contributed by atoms with Crippen molar-refractivity contribution in [3.63, 3.8) is 0 Å². The van der Waals surface area contributed by atoms with Gasteiger partial charge in [-0.05, 0) is 24.6 Å². The molecule has 0 spiro atoms. The molecule has 21 heavy (non-hydrogen) atoms. The zero-order valence-electron chi connectivity index (χ0n) is 13.0. The summed E-state index contributed by atoms with van der Waals surface area (Å²) in [6.07, 6.45) is -0.129. The Morgan fingerprint density at radius 2 is 2.05 bits per heavy atom. The number of nitrogens with zero attached hydrogens (tertiary/aromatic N) is 1. The molecule has 116 valence electrons. The Labute approximate surface area is 125 Å². The van der Waals surface area contributed by atoms with Crippen LogP contribution < -0.4 is 11.1 Å². The number of nitrogens with two attached hydrogens (primary N) is 1. The Kier molecular flexibility index (Phi) is 6.33. The molecule has 0 aliphatic heterocycles. The highest BCUT2D eigenvalue weighted by Gasteiger charge is 2.14. The van der Waals surface area contributed by atoms with Crippen LogP contribution in [0.2, 0.25) is 0 Å². The molecule has 0 aliphatic rings. The van der Waals surface area contributed by atoms with Crippen molar-refractivity contribution in [1.29, 1.82) is 0 Å². The van der Waals surface area contributed by atoms with Crippen LogP contribution in [-0.2, 0) is 9.53 Å². The minimum absolute atomic E-state index is 0.0969. The van der Waals surface area contributed by atoms with E-state index in [1.54, 1.807) is 26.2 Å². The maximum absolute atomic E-state index is 12.1. The van der Waals surface area contributed by atoms with E-state index in [0.717, 1.165) is 5.56 Å².